The average molecular weight is 300 g/mol. The van der Waals surface area contributed by atoms with Gasteiger partial charge in [0.2, 0.25) is 0 Å². The normalized spacial score (nSPS) is 10.8. The molecule has 0 aromatic heterocycles. The molecule has 0 spiro atoms. The van der Waals surface area contributed by atoms with E-state index >= 15 is 0 Å². The molecule has 2 nitrogen and oxygen atoms in total. The van der Waals surface area contributed by atoms with Gasteiger partial charge in [-0.1, -0.05) is 29.8 Å². The zero-order valence-corrected chi connectivity index (χ0v) is 12.3. The third-order valence-electron chi connectivity index (χ3n) is 2.50. The predicted molar refractivity (Wildman–Crippen MR) is 76.6 cm³/mol. The zero-order chi connectivity index (χ0) is 12.5. The first-order valence-electron chi connectivity index (χ1n) is 6.27. The quantitative estimate of drug-likeness (QED) is 0.736. The summed E-state index contributed by atoms with van der Waals surface area (Å²) >= 11 is 3.40. The van der Waals surface area contributed by atoms with Crippen molar-refractivity contribution < 1.29 is 4.74 Å². The Hall–Kier alpha value is -0.540. The molecule has 3 heteroatoms. The Kier molecular flexibility index (Phi) is 7.29. The molecule has 0 radical (unpaired) electrons. The fraction of sp³-hybridized carbons (Fsp3) is 0.571. The highest BCUT2D eigenvalue weighted by Crippen LogP contribution is 2.15. The van der Waals surface area contributed by atoms with Gasteiger partial charge < -0.3 is 10.1 Å². The Bertz CT molecular complexity index is 298. The summed E-state index contributed by atoms with van der Waals surface area (Å²) < 4.78 is 6.69. The van der Waals surface area contributed by atoms with E-state index in [2.05, 4.69) is 35.1 Å². The summed E-state index contributed by atoms with van der Waals surface area (Å²) in [6, 6.07) is 7.93. The molecule has 96 valence electrons. The van der Waals surface area contributed by atoms with Gasteiger partial charge in [0.15, 0.2) is 0 Å². The van der Waals surface area contributed by atoms with Gasteiger partial charge in [-0.05, 0) is 49.6 Å². The topological polar surface area (TPSA) is 21.3 Å². The van der Waals surface area contributed by atoms with Gasteiger partial charge in [0.1, 0.15) is 12.4 Å². The predicted octanol–water partition coefficient (Wildman–Crippen LogP) is 3.85. The van der Waals surface area contributed by atoms with Gasteiger partial charge >= 0.3 is 0 Å². The van der Waals surface area contributed by atoms with Crippen molar-refractivity contribution in [2.45, 2.75) is 26.7 Å². The van der Waals surface area contributed by atoms with Crippen LogP contribution in [0.25, 0.3) is 0 Å². The number of ether oxygens (including phenoxy) is 1. The highest BCUT2D eigenvalue weighted by atomic mass is 79.9. The monoisotopic (exact) mass is 299 g/mol. The number of halogens is 1. The zero-order valence-electron chi connectivity index (χ0n) is 10.7. The Morgan fingerprint density at radius 3 is 2.53 bits per heavy atom. The first kappa shape index (κ1) is 14.5. The van der Waals surface area contributed by atoms with E-state index in [0.29, 0.717) is 0 Å². The smallest absolute Gasteiger partial charge is 0.119 e. The van der Waals surface area contributed by atoms with Crippen LogP contribution in [0.4, 0.5) is 0 Å². The first-order valence-corrected chi connectivity index (χ1v) is 7.07. The summed E-state index contributed by atoms with van der Waals surface area (Å²) in [4.78, 5) is 0. The fourth-order valence-corrected chi connectivity index (χ4v) is 1.80. The lowest BCUT2D eigenvalue weighted by Crippen LogP contribution is -2.22. The molecule has 0 amide bonds. The molecule has 1 N–H and O–H groups in total. The third-order valence-corrected chi connectivity index (χ3v) is 3.02. The average Bonchev–Trinajstić information content (AvgIpc) is 2.30. The lowest BCUT2D eigenvalue weighted by atomic mass is 10.1. The summed E-state index contributed by atoms with van der Waals surface area (Å²) in [5, 5.41) is 3.39. The number of rotatable bonds is 8. The second-order valence-corrected chi connectivity index (χ2v) is 5.50. The maximum atomic E-state index is 5.61. The molecule has 0 saturated heterocycles. The third kappa shape index (κ3) is 7.40. The van der Waals surface area contributed by atoms with E-state index in [1.54, 1.807) is 0 Å². The molecule has 1 rings (SSSR count). The van der Waals surface area contributed by atoms with Gasteiger partial charge in [0.05, 0.1) is 0 Å². The van der Waals surface area contributed by atoms with E-state index < -0.39 is 0 Å². The van der Waals surface area contributed by atoms with Gasteiger partial charge in [-0.3, -0.25) is 0 Å². The maximum absolute atomic E-state index is 5.61. The molecular formula is C14H22BrNO. The van der Waals surface area contributed by atoms with Crippen molar-refractivity contribution in [3.63, 3.8) is 0 Å². The minimum absolute atomic E-state index is 0.726. The van der Waals surface area contributed by atoms with Crippen molar-refractivity contribution >= 4 is 15.9 Å². The van der Waals surface area contributed by atoms with Crippen LogP contribution in [0.1, 0.15) is 26.7 Å². The lowest BCUT2D eigenvalue weighted by Gasteiger charge is -2.08. The number of hydrogen-bond acceptors (Lipinski definition) is 2. The molecule has 17 heavy (non-hydrogen) atoms. The van der Waals surface area contributed by atoms with Crippen molar-refractivity contribution in [3.8, 4) is 5.75 Å². The van der Waals surface area contributed by atoms with Crippen molar-refractivity contribution in [2.75, 3.05) is 19.7 Å². The summed E-state index contributed by atoms with van der Waals surface area (Å²) in [5.41, 5.74) is 0. The van der Waals surface area contributed by atoms with E-state index in [1.165, 1.54) is 12.8 Å². The van der Waals surface area contributed by atoms with Gasteiger partial charge in [0, 0.05) is 11.0 Å². The maximum Gasteiger partial charge on any atom is 0.119 e. The largest absolute Gasteiger partial charge is 0.492 e. The van der Waals surface area contributed by atoms with Crippen LogP contribution in [0, 0.1) is 5.92 Å². The Balaban J connectivity index is 1.99. The van der Waals surface area contributed by atoms with E-state index in [9.17, 15) is 0 Å². The van der Waals surface area contributed by atoms with E-state index in [-0.39, 0.29) is 0 Å². The molecule has 0 fully saturated rings. The molecule has 0 aliphatic rings. The summed E-state index contributed by atoms with van der Waals surface area (Å²) in [6.07, 6.45) is 2.54. The Morgan fingerprint density at radius 1 is 1.18 bits per heavy atom. The van der Waals surface area contributed by atoms with Crippen LogP contribution in [-0.4, -0.2) is 19.7 Å². The van der Waals surface area contributed by atoms with E-state index in [1.807, 2.05) is 24.3 Å². The Morgan fingerprint density at radius 2 is 1.88 bits per heavy atom. The van der Waals surface area contributed by atoms with Crippen molar-refractivity contribution in [2.24, 2.45) is 5.92 Å². The van der Waals surface area contributed by atoms with Crippen molar-refractivity contribution in [1.82, 2.24) is 5.32 Å². The molecule has 0 atom stereocenters. The molecule has 0 saturated carbocycles. The molecule has 0 aliphatic carbocycles. The lowest BCUT2D eigenvalue weighted by molar-refractivity contribution is 0.313. The number of benzene rings is 1. The van der Waals surface area contributed by atoms with Crippen LogP contribution in [0.15, 0.2) is 28.7 Å². The van der Waals surface area contributed by atoms with Crippen LogP contribution in [0.3, 0.4) is 0 Å². The molecular weight excluding hydrogens is 278 g/mol. The molecule has 0 unspecified atom stereocenters. The summed E-state index contributed by atoms with van der Waals surface area (Å²) in [5.74, 6) is 1.73. The van der Waals surface area contributed by atoms with Crippen LogP contribution >= 0.6 is 15.9 Å². The molecule has 0 aliphatic heterocycles. The van der Waals surface area contributed by atoms with Gasteiger partial charge in [-0.25, -0.2) is 0 Å². The van der Waals surface area contributed by atoms with Crippen LogP contribution < -0.4 is 10.1 Å². The fourth-order valence-electron chi connectivity index (χ4n) is 1.53. The number of nitrogens with one attached hydrogen (secondary N) is 1. The molecule has 1 aromatic rings. The van der Waals surface area contributed by atoms with Gasteiger partial charge in [-0.2, -0.15) is 0 Å². The first-order chi connectivity index (χ1) is 8.18. The highest BCUT2D eigenvalue weighted by molar-refractivity contribution is 9.10. The Labute approximate surface area is 113 Å². The van der Waals surface area contributed by atoms with Crippen LogP contribution in [0.2, 0.25) is 0 Å². The highest BCUT2D eigenvalue weighted by Gasteiger charge is 1.95. The van der Waals surface area contributed by atoms with Crippen LogP contribution in [-0.2, 0) is 0 Å². The second kappa shape index (κ2) is 8.54. The van der Waals surface area contributed by atoms with Crippen LogP contribution in [0.5, 0.6) is 5.75 Å². The van der Waals surface area contributed by atoms with Crippen molar-refractivity contribution in [1.29, 1.82) is 0 Å². The second-order valence-electron chi connectivity index (χ2n) is 4.59. The molecule has 1 aromatic carbocycles. The molecule has 0 bridgehead atoms. The van der Waals surface area contributed by atoms with Crippen molar-refractivity contribution in [3.05, 3.63) is 28.7 Å². The van der Waals surface area contributed by atoms with Gasteiger partial charge in [-0.15, -0.1) is 0 Å². The van der Waals surface area contributed by atoms with E-state index in [0.717, 1.165) is 35.8 Å². The molecule has 0 heterocycles. The standard InChI is InChI=1S/C14H22BrNO/c1-12(2)4-3-9-16-10-11-17-14-7-5-13(15)6-8-14/h5-8,12,16H,3-4,9-11H2,1-2H3. The minimum Gasteiger partial charge on any atom is -0.492 e. The van der Waals surface area contributed by atoms with E-state index in [4.69, 9.17) is 4.74 Å². The van der Waals surface area contributed by atoms with Gasteiger partial charge in [0.25, 0.3) is 0 Å². The minimum atomic E-state index is 0.726. The SMILES string of the molecule is CC(C)CCCNCCOc1ccc(Br)cc1. The summed E-state index contributed by atoms with van der Waals surface area (Å²) in [6.45, 7) is 7.24. The summed E-state index contributed by atoms with van der Waals surface area (Å²) in [7, 11) is 0. The number of hydrogen-bond donors (Lipinski definition) is 1.